The molecule has 0 heterocycles. The number of aldehydes is 1. The predicted octanol–water partition coefficient (Wildman–Crippen LogP) is 0.832. The molecule has 1 atom stereocenters. The summed E-state index contributed by atoms with van der Waals surface area (Å²) < 4.78 is 8.72. The molecule has 0 bridgehead atoms. The van der Waals surface area contributed by atoms with E-state index in [2.05, 4.69) is 14.8 Å². The summed E-state index contributed by atoms with van der Waals surface area (Å²) in [5, 5.41) is 11.4. The van der Waals surface area contributed by atoms with Crippen molar-refractivity contribution >= 4 is 30.0 Å². The second kappa shape index (κ2) is 16.7. The van der Waals surface area contributed by atoms with Crippen LogP contribution in [0.1, 0.15) is 34.6 Å². The molecule has 2 aromatic carbocycles. The van der Waals surface area contributed by atoms with Crippen LogP contribution in [-0.2, 0) is 23.9 Å². The van der Waals surface area contributed by atoms with E-state index in [4.69, 9.17) is 5.73 Å². The van der Waals surface area contributed by atoms with Gasteiger partial charge in [0.1, 0.15) is 0 Å². The number of hydrogen-bond acceptors (Lipinski definition) is 8. The fourth-order valence-electron chi connectivity index (χ4n) is 1.86. The van der Waals surface area contributed by atoms with Crippen LogP contribution in [0, 0.1) is 0 Å². The van der Waals surface area contributed by atoms with Crippen molar-refractivity contribution in [2.75, 3.05) is 13.2 Å². The number of ether oxygens (including phenoxy) is 2. The van der Waals surface area contributed by atoms with Crippen molar-refractivity contribution in [1.82, 2.24) is 5.32 Å². The number of nitrogens with one attached hydrogen (secondary N) is 1. The predicted molar refractivity (Wildman–Crippen MR) is 114 cm³/mol. The standard InChI is InChI=1S/C11H13NO4.C7H7NO.C4H6O3/c1-2-16-11(15)10(14)12-9(13)8-6-4-3-5-7-8;8-7(9)6-4-2-1-3-5-6;1-2-7-4(6)3-5/h3-7,10,14H,2H2,1H3,(H,12,13);1-5H,(H2,8,9);3H,2H2,1H3. The van der Waals surface area contributed by atoms with Crippen LogP contribution in [0.15, 0.2) is 60.7 Å². The third-order valence-electron chi connectivity index (χ3n) is 3.25. The number of nitrogens with two attached hydrogens (primary N) is 1. The third-order valence-corrected chi connectivity index (χ3v) is 3.25. The van der Waals surface area contributed by atoms with Gasteiger partial charge in [0, 0.05) is 11.1 Å². The third kappa shape index (κ3) is 12.5. The van der Waals surface area contributed by atoms with Crippen LogP contribution in [0.4, 0.5) is 0 Å². The summed E-state index contributed by atoms with van der Waals surface area (Å²) in [7, 11) is 0. The fraction of sp³-hybridized carbons (Fsp3) is 0.227. The number of carbonyl (C=O) groups is 5. The Morgan fingerprint density at radius 3 is 1.72 bits per heavy atom. The average Bonchev–Trinajstić information content (AvgIpc) is 2.81. The van der Waals surface area contributed by atoms with Crippen molar-refractivity contribution in [2.24, 2.45) is 5.73 Å². The summed E-state index contributed by atoms with van der Waals surface area (Å²) >= 11 is 0. The van der Waals surface area contributed by atoms with Gasteiger partial charge in [-0.1, -0.05) is 36.4 Å². The maximum Gasteiger partial charge on any atom is 0.371 e. The molecule has 0 radical (unpaired) electrons. The molecule has 0 saturated carbocycles. The lowest BCUT2D eigenvalue weighted by Crippen LogP contribution is -2.41. The number of benzene rings is 2. The van der Waals surface area contributed by atoms with Gasteiger partial charge in [0.15, 0.2) is 0 Å². The van der Waals surface area contributed by atoms with Gasteiger partial charge in [-0.2, -0.15) is 0 Å². The van der Waals surface area contributed by atoms with E-state index < -0.39 is 24.1 Å². The molecule has 0 aliphatic rings. The van der Waals surface area contributed by atoms with E-state index in [0.717, 1.165) is 0 Å². The van der Waals surface area contributed by atoms with Gasteiger partial charge in [-0.3, -0.25) is 14.4 Å². The Bertz CT molecular complexity index is 857. The van der Waals surface area contributed by atoms with Gasteiger partial charge in [0.25, 0.3) is 5.91 Å². The molecule has 10 nitrogen and oxygen atoms in total. The summed E-state index contributed by atoms with van der Waals surface area (Å²) in [6.45, 7) is 3.67. The number of amides is 2. The zero-order chi connectivity index (χ0) is 24.4. The van der Waals surface area contributed by atoms with E-state index in [1.165, 1.54) is 0 Å². The van der Waals surface area contributed by atoms with Crippen molar-refractivity contribution in [3.05, 3.63) is 71.8 Å². The molecule has 0 aromatic heterocycles. The lowest BCUT2D eigenvalue weighted by molar-refractivity contribution is -0.154. The first-order valence-corrected chi connectivity index (χ1v) is 9.44. The summed E-state index contributed by atoms with van der Waals surface area (Å²) in [5.41, 5.74) is 5.89. The number of rotatable bonds is 7. The lowest BCUT2D eigenvalue weighted by atomic mass is 10.2. The smallest absolute Gasteiger partial charge is 0.371 e. The van der Waals surface area contributed by atoms with Crippen molar-refractivity contribution in [3.63, 3.8) is 0 Å². The first kappa shape index (κ1) is 27.9. The van der Waals surface area contributed by atoms with Gasteiger partial charge in [-0.25, -0.2) is 9.59 Å². The number of aliphatic hydroxyl groups is 1. The highest BCUT2D eigenvalue weighted by Crippen LogP contribution is 1.98. The lowest BCUT2D eigenvalue weighted by Gasteiger charge is -2.11. The van der Waals surface area contributed by atoms with E-state index in [1.54, 1.807) is 68.4 Å². The fourth-order valence-corrected chi connectivity index (χ4v) is 1.86. The molecular weight excluding hydrogens is 420 g/mol. The minimum atomic E-state index is -1.63. The Morgan fingerprint density at radius 2 is 1.38 bits per heavy atom. The minimum absolute atomic E-state index is 0.142. The van der Waals surface area contributed by atoms with Crippen LogP contribution in [-0.4, -0.2) is 54.6 Å². The molecule has 10 heteroatoms. The number of hydrogen-bond donors (Lipinski definition) is 3. The van der Waals surface area contributed by atoms with Crippen LogP contribution in [0.5, 0.6) is 0 Å². The Hall–Kier alpha value is -4.05. The number of esters is 2. The van der Waals surface area contributed by atoms with E-state index in [1.807, 2.05) is 6.07 Å². The second-order valence-corrected chi connectivity index (χ2v) is 5.59. The van der Waals surface area contributed by atoms with Gasteiger partial charge in [-0.15, -0.1) is 0 Å². The summed E-state index contributed by atoms with van der Waals surface area (Å²) in [5.74, 6) is -2.58. The summed E-state index contributed by atoms with van der Waals surface area (Å²) in [6.07, 6.45) is -1.49. The first-order chi connectivity index (χ1) is 15.3. The number of aliphatic hydroxyl groups excluding tert-OH is 1. The molecule has 172 valence electrons. The zero-order valence-electron chi connectivity index (χ0n) is 17.7. The quantitative estimate of drug-likeness (QED) is 0.244. The Kier molecular flexibility index (Phi) is 14.6. The summed E-state index contributed by atoms with van der Waals surface area (Å²) in [4.78, 5) is 52.2. The van der Waals surface area contributed by atoms with Crippen LogP contribution >= 0.6 is 0 Å². The van der Waals surface area contributed by atoms with Crippen LogP contribution in [0.25, 0.3) is 0 Å². The molecule has 1 unspecified atom stereocenters. The summed E-state index contributed by atoms with van der Waals surface area (Å²) in [6, 6.07) is 17.0. The number of primary amides is 1. The van der Waals surface area contributed by atoms with Gasteiger partial charge >= 0.3 is 11.9 Å². The minimum Gasteiger partial charge on any atom is -0.463 e. The Balaban J connectivity index is 0.000000506. The molecule has 0 aliphatic carbocycles. The highest BCUT2D eigenvalue weighted by atomic mass is 16.5. The van der Waals surface area contributed by atoms with E-state index >= 15 is 0 Å². The van der Waals surface area contributed by atoms with Crippen LogP contribution in [0.3, 0.4) is 0 Å². The molecule has 4 N–H and O–H groups in total. The molecule has 0 fully saturated rings. The number of carbonyl (C=O) groups excluding carboxylic acids is 5. The average molecular weight is 446 g/mol. The van der Waals surface area contributed by atoms with Crippen molar-refractivity contribution in [1.29, 1.82) is 0 Å². The Labute approximate surface area is 185 Å². The van der Waals surface area contributed by atoms with E-state index in [9.17, 15) is 29.1 Å². The van der Waals surface area contributed by atoms with Crippen molar-refractivity contribution < 1.29 is 38.6 Å². The molecule has 0 saturated heterocycles. The maximum absolute atomic E-state index is 11.5. The molecule has 2 aromatic rings. The highest BCUT2D eigenvalue weighted by molar-refractivity contribution is 6.20. The van der Waals surface area contributed by atoms with Crippen LogP contribution < -0.4 is 11.1 Å². The SMILES string of the molecule is CCOC(=O)C(O)NC(=O)c1ccccc1.CCOC(=O)C=O.NC(=O)c1ccccc1. The molecular formula is C22H26N2O8. The maximum atomic E-state index is 11.5. The second-order valence-electron chi connectivity index (χ2n) is 5.59. The normalized spacial score (nSPS) is 9.97. The van der Waals surface area contributed by atoms with Crippen molar-refractivity contribution in [3.8, 4) is 0 Å². The zero-order valence-corrected chi connectivity index (χ0v) is 17.7. The molecule has 0 aliphatic heterocycles. The Morgan fingerprint density at radius 1 is 0.906 bits per heavy atom. The molecule has 2 rings (SSSR count). The molecule has 32 heavy (non-hydrogen) atoms. The monoisotopic (exact) mass is 446 g/mol. The van der Waals surface area contributed by atoms with Gasteiger partial charge in [0.2, 0.25) is 18.4 Å². The van der Waals surface area contributed by atoms with Gasteiger partial charge < -0.3 is 25.6 Å². The molecule has 0 spiro atoms. The van der Waals surface area contributed by atoms with E-state index in [-0.39, 0.29) is 25.4 Å². The van der Waals surface area contributed by atoms with E-state index in [0.29, 0.717) is 11.1 Å². The molecule has 2 amide bonds. The van der Waals surface area contributed by atoms with Gasteiger partial charge in [-0.05, 0) is 38.1 Å². The first-order valence-electron chi connectivity index (χ1n) is 9.44. The largest absolute Gasteiger partial charge is 0.463 e. The van der Waals surface area contributed by atoms with Crippen molar-refractivity contribution in [2.45, 2.75) is 20.1 Å². The highest BCUT2D eigenvalue weighted by Gasteiger charge is 2.19. The van der Waals surface area contributed by atoms with Crippen LogP contribution in [0.2, 0.25) is 0 Å². The topological polar surface area (TPSA) is 162 Å². The van der Waals surface area contributed by atoms with Gasteiger partial charge in [0.05, 0.1) is 13.2 Å².